The normalized spacial score (nSPS) is 10.2. The van der Waals surface area contributed by atoms with Crippen molar-refractivity contribution >= 4 is 11.0 Å². The van der Waals surface area contributed by atoms with Gasteiger partial charge in [-0.1, -0.05) is 18.7 Å². The first-order valence-electron chi connectivity index (χ1n) is 5.62. The first kappa shape index (κ1) is 12.2. The van der Waals surface area contributed by atoms with Gasteiger partial charge in [0.2, 0.25) is 5.76 Å². The monoisotopic (exact) mass is 242 g/mol. The molecule has 2 aromatic rings. The van der Waals surface area contributed by atoms with Gasteiger partial charge in [-0.15, -0.1) is 0 Å². The minimum absolute atomic E-state index is 0.202. The molecule has 1 heterocycles. The highest BCUT2D eigenvalue weighted by Gasteiger charge is 2.14. The van der Waals surface area contributed by atoms with E-state index in [1.807, 2.05) is 37.4 Å². The van der Waals surface area contributed by atoms with Crippen molar-refractivity contribution in [3.63, 3.8) is 0 Å². The summed E-state index contributed by atoms with van der Waals surface area (Å²) in [6, 6.07) is 9.43. The number of nitrogens with zero attached hydrogens (tertiary/aromatic N) is 1. The number of hydrogen-bond acceptors (Lipinski definition) is 4. The lowest BCUT2D eigenvalue weighted by Crippen LogP contribution is -2.14. The Morgan fingerprint density at radius 1 is 1.50 bits per heavy atom. The molecule has 0 aliphatic rings. The molecule has 1 aromatic carbocycles. The van der Waals surface area contributed by atoms with Crippen molar-refractivity contribution in [1.82, 2.24) is 5.32 Å². The fraction of sp³-hybridized carbons (Fsp3) is 0.214. The first-order chi connectivity index (χ1) is 8.76. The maximum absolute atomic E-state index is 9.03. The lowest BCUT2D eigenvalue weighted by Gasteiger charge is -2.06. The van der Waals surface area contributed by atoms with E-state index in [4.69, 9.17) is 14.4 Å². The van der Waals surface area contributed by atoms with Gasteiger partial charge in [-0.05, 0) is 24.8 Å². The first-order valence-corrected chi connectivity index (χ1v) is 5.62. The third-order valence-electron chi connectivity index (χ3n) is 2.50. The van der Waals surface area contributed by atoms with Crippen molar-refractivity contribution in [3.05, 3.63) is 42.2 Å². The Morgan fingerprint density at radius 2 is 2.28 bits per heavy atom. The summed E-state index contributed by atoms with van der Waals surface area (Å²) < 4.78 is 11.0. The Hall–Kier alpha value is -2.25. The summed E-state index contributed by atoms with van der Waals surface area (Å²) in [6.45, 7) is 4.92. The van der Waals surface area contributed by atoms with Crippen LogP contribution < -0.4 is 10.1 Å². The van der Waals surface area contributed by atoms with Crippen LogP contribution in [0.2, 0.25) is 0 Å². The fourth-order valence-corrected chi connectivity index (χ4v) is 1.71. The van der Waals surface area contributed by atoms with E-state index < -0.39 is 0 Å². The molecule has 92 valence electrons. The van der Waals surface area contributed by atoms with E-state index in [2.05, 4.69) is 11.9 Å². The largest absolute Gasteiger partial charge is 0.484 e. The number of rotatable bonds is 5. The molecule has 18 heavy (non-hydrogen) atoms. The van der Waals surface area contributed by atoms with Crippen LogP contribution >= 0.6 is 0 Å². The van der Waals surface area contributed by atoms with Crippen LogP contribution in [0, 0.1) is 11.3 Å². The second-order valence-electron chi connectivity index (χ2n) is 3.94. The van der Waals surface area contributed by atoms with Gasteiger partial charge in [-0.25, -0.2) is 0 Å². The number of nitrogens with one attached hydrogen (secondary N) is 1. The molecule has 0 bridgehead atoms. The third-order valence-corrected chi connectivity index (χ3v) is 2.50. The Labute approximate surface area is 105 Å². The fourth-order valence-electron chi connectivity index (χ4n) is 1.71. The molecule has 4 nitrogen and oxygen atoms in total. The highest BCUT2D eigenvalue weighted by atomic mass is 16.5. The van der Waals surface area contributed by atoms with E-state index in [1.165, 1.54) is 0 Å². The molecule has 0 spiro atoms. The molecule has 4 heteroatoms. The Kier molecular flexibility index (Phi) is 3.66. The van der Waals surface area contributed by atoms with Crippen LogP contribution in [0.3, 0.4) is 0 Å². The lowest BCUT2D eigenvalue weighted by molar-refractivity contribution is 0.345. The zero-order valence-electron chi connectivity index (χ0n) is 10.2. The number of likely N-dealkylation sites (N-methyl/N-ethyl adjacent to an activating group) is 1. The molecule has 0 saturated heterocycles. The smallest absolute Gasteiger partial charge is 0.246 e. The molecule has 0 saturated carbocycles. The molecule has 0 amide bonds. The number of benzene rings is 1. The minimum Gasteiger partial charge on any atom is -0.484 e. The second kappa shape index (κ2) is 5.39. The number of hydrogen-bond donors (Lipinski definition) is 1. The van der Waals surface area contributed by atoms with Crippen molar-refractivity contribution in [3.8, 4) is 11.8 Å². The van der Waals surface area contributed by atoms with E-state index >= 15 is 0 Å². The summed E-state index contributed by atoms with van der Waals surface area (Å²) in [5.74, 6) is 0.693. The summed E-state index contributed by atoms with van der Waals surface area (Å²) >= 11 is 0. The van der Waals surface area contributed by atoms with Gasteiger partial charge in [0.25, 0.3) is 0 Å². The van der Waals surface area contributed by atoms with Crippen molar-refractivity contribution in [2.24, 2.45) is 0 Å². The maximum atomic E-state index is 9.03. The van der Waals surface area contributed by atoms with Crippen molar-refractivity contribution in [2.75, 3.05) is 20.2 Å². The van der Waals surface area contributed by atoms with Gasteiger partial charge in [0.05, 0.1) is 5.39 Å². The zero-order chi connectivity index (χ0) is 13.0. The Bertz CT molecular complexity index is 608. The molecule has 0 aliphatic carbocycles. The van der Waals surface area contributed by atoms with Gasteiger partial charge in [-0.3, -0.25) is 0 Å². The number of ether oxygens (including phenoxy) is 1. The zero-order valence-corrected chi connectivity index (χ0v) is 10.2. The van der Waals surface area contributed by atoms with E-state index in [-0.39, 0.29) is 5.76 Å². The van der Waals surface area contributed by atoms with E-state index in [1.54, 1.807) is 0 Å². The highest BCUT2D eigenvalue weighted by Crippen LogP contribution is 2.32. The molecule has 1 aromatic heterocycles. The van der Waals surface area contributed by atoms with Crippen molar-refractivity contribution < 1.29 is 9.15 Å². The topological polar surface area (TPSA) is 58.2 Å². The summed E-state index contributed by atoms with van der Waals surface area (Å²) in [4.78, 5) is 0. The molecule has 0 aliphatic heterocycles. The Morgan fingerprint density at radius 3 is 3.00 bits per heavy atom. The molecule has 0 radical (unpaired) electrons. The minimum atomic E-state index is 0.202. The molecule has 0 fully saturated rings. The molecule has 1 N–H and O–H groups in total. The van der Waals surface area contributed by atoms with Crippen molar-refractivity contribution in [1.29, 1.82) is 5.26 Å². The predicted molar refractivity (Wildman–Crippen MR) is 69.5 cm³/mol. The second-order valence-corrected chi connectivity index (χ2v) is 3.94. The average Bonchev–Trinajstić information content (AvgIpc) is 2.74. The van der Waals surface area contributed by atoms with Gasteiger partial charge < -0.3 is 14.5 Å². The molecular formula is C14H14N2O2. The van der Waals surface area contributed by atoms with Gasteiger partial charge in [0.1, 0.15) is 18.3 Å². The number of fused-ring (bicyclic) bond motifs is 1. The van der Waals surface area contributed by atoms with Crippen molar-refractivity contribution in [2.45, 2.75) is 0 Å². The van der Waals surface area contributed by atoms with Crippen LogP contribution in [0.15, 0.2) is 40.8 Å². The van der Waals surface area contributed by atoms with Crippen LogP contribution in [-0.2, 0) is 0 Å². The molecule has 0 atom stereocenters. The quantitative estimate of drug-likeness (QED) is 0.818. The predicted octanol–water partition coefficient (Wildman–Crippen LogP) is 2.46. The average molecular weight is 242 g/mol. The summed E-state index contributed by atoms with van der Waals surface area (Å²) in [6.07, 6.45) is 0. The van der Waals surface area contributed by atoms with E-state index in [0.717, 1.165) is 11.0 Å². The van der Waals surface area contributed by atoms with Gasteiger partial charge in [0, 0.05) is 6.54 Å². The Balaban J connectivity index is 2.26. The molecule has 2 rings (SSSR count). The number of para-hydroxylation sites is 1. The van der Waals surface area contributed by atoms with Gasteiger partial charge >= 0.3 is 0 Å². The number of furan rings is 1. The summed E-state index contributed by atoms with van der Waals surface area (Å²) in [5.41, 5.74) is 1.56. The number of nitriles is 1. The lowest BCUT2D eigenvalue weighted by atomic mass is 10.2. The van der Waals surface area contributed by atoms with Crippen LogP contribution in [0.4, 0.5) is 0 Å². The highest BCUT2D eigenvalue weighted by molar-refractivity contribution is 5.86. The SMILES string of the molecule is C=C(CNC)COc1c(C#N)oc2ccccc12. The van der Waals surface area contributed by atoms with Gasteiger partial charge in [-0.2, -0.15) is 5.26 Å². The van der Waals surface area contributed by atoms with Gasteiger partial charge in [0.15, 0.2) is 5.75 Å². The van der Waals surface area contributed by atoms with E-state index in [9.17, 15) is 0 Å². The summed E-state index contributed by atoms with van der Waals surface area (Å²) in [7, 11) is 1.85. The summed E-state index contributed by atoms with van der Waals surface area (Å²) in [5, 5.41) is 12.8. The molecule has 0 unspecified atom stereocenters. The van der Waals surface area contributed by atoms with Crippen LogP contribution in [-0.4, -0.2) is 20.2 Å². The molecular weight excluding hydrogens is 228 g/mol. The van der Waals surface area contributed by atoms with E-state index in [0.29, 0.717) is 24.5 Å². The third kappa shape index (κ3) is 2.36. The van der Waals surface area contributed by atoms with Crippen LogP contribution in [0.1, 0.15) is 5.76 Å². The standard InChI is InChI=1S/C14H14N2O2/c1-10(8-16-2)9-17-14-11-5-3-4-6-12(11)18-13(14)7-15/h3-6,16H,1,8-9H2,2H3. The van der Waals surface area contributed by atoms with Crippen LogP contribution in [0.25, 0.3) is 11.0 Å². The van der Waals surface area contributed by atoms with Crippen LogP contribution in [0.5, 0.6) is 5.75 Å². The maximum Gasteiger partial charge on any atom is 0.246 e.